The molecule has 94 valence electrons. The highest BCUT2D eigenvalue weighted by atomic mass is 16.5. The van der Waals surface area contributed by atoms with Crippen LogP contribution in [0.3, 0.4) is 0 Å². The van der Waals surface area contributed by atoms with Crippen molar-refractivity contribution in [3.63, 3.8) is 0 Å². The molecule has 1 aliphatic carbocycles. The van der Waals surface area contributed by atoms with Gasteiger partial charge in [0.2, 0.25) is 0 Å². The van der Waals surface area contributed by atoms with E-state index in [-0.39, 0.29) is 0 Å². The second kappa shape index (κ2) is 6.80. The van der Waals surface area contributed by atoms with Gasteiger partial charge in [0.15, 0.2) is 0 Å². The lowest BCUT2D eigenvalue weighted by Gasteiger charge is -2.11. The van der Waals surface area contributed by atoms with E-state index in [0.717, 1.165) is 25.0 Å². The summed E-state index contributed by atoms with van der Waals surface area (Å²) in [6.07, 6.45) is 6.47. The number of aryl methyl sites for hydroxylation is 1. The molecule has 1 aromatic carbocycles. The van der Waals surface area contributed by atoms with E-state index in [1.807, 2.05) is 0 Å². The Morgan fingerprint density at radius 2 is 1.94 bits per heavy atom. The average molecular weight is 232 g/mol. The van der Waals surface area contributed by atoms with Gasteiger partial charge in [-0.25, -0.2) is 0 Å². The monoisotopic (exact) mass is 232 g/mol. The summed E-state index contributed by atoms with van der Waals surface area (Å²) in [6.45, 7) is 4.29. The van der Waals surface area contributed by atoms with Crippen molar-refractivity contribution in [2.75, 3.05) is 13.2 Å². The molecule has 0 saturated heterocycles. The quantitative estimate of drug-likeness (QED) is 0.614. The summed E-state index contributed by atoms with van der Waals surface area (Å²) in [6, 6.07) is 10.8. The van der Waals surface area contributed by atoms with E-state index < -0.39 is 0 Å². The molecule has 1 fully saturated rings. The minimum absolute atomic E-state index is 0.773. The van der Waals surface area contributed by atoms with Crippen LogP contribution in [0.15, 0.2) is 30.3 Å². The van der Waals surface area contributed by atoms with Crippen LogP contribution in [0, 0.1) is 11.8 Å². The van der Waals surface area contributed by atoms with Crippen LogP contribution >= 0.6 is 0 Å². The molecular weight excluding hydrogens is 208 g/mol. The maximum atomic E-state index is 5.68. The van der Waals surface area contributed by atoms with Gasteiger partial charge in [-0.15, -0.1) is 0 Å². The van der Waals surface area contributed by atoms with Crippen molar-refractivity contribution in [2.24, 2.45) is 11.8 Å². The van der Waals surface area contributed by atoms with Gasteiger partial charge < -0.3 is 4.74 Å². The van der Waals surface area contributed by atoms with Crippen molar-refractivity contribution in [3.05, 3.63) is 35.9 Å². The van der Waals surface area contributed by atoms with Gasteiger partial charge in [-0.05, 0) is 49.5 Å². The molecule has 0 bridgehead atoms. The molecule has 1 aromatic rings. The summed E-state index contributed by atoms with van der Waals surface area (Å²) in [5.74, 6) is 1.67. The molecular formula is C16H24O. The van der Waals surface area contributed by atoms with Crippen molar-refractivity contribution in [1.82, 2.24) is 0 Å². The van der Waals surface area contributed by atoms with Crippen molar-refractivity contribution in [1.29, 1.82) is 0 Å². The zero-order valence-electron chi connectivity index (χ0n) is 10.9. The third-order valence-electron chi connectivity index (χ3n) is 3.57. The molecule has 0 heterocycles. The summed E-state index contributed by atoms with van der Waals surface area (Å²) in [7, 11) is 0. The molecule has 0 aliphatic heterocycles. The molecule has 0 amide bonds. The maximum Gasteiger partial charge on any atom is 0.0494 e. The lowest BCUT2D eigenvalue weighted by atomic mass is 9.99. The third-order valence-corrected chi connectivity index (χ3v) is 3.57. The molecule has 1 unspecified atom stereocenters. The van der Waals surface area contributed by atoms with Gasteiger partial charge in [-0.3, -0.25) is 0 Å². The molecule has 1 saturated carbocycles. The molecule has 1 atom stereocenters. The van der Waals surface area contributed by atoms with Crippen LogP contribution in [0.4, 0.5) is 0 Å². The first-order valence-electron chi connectivity index (χ1n) is 6.96. The number of ether oxygens (including phenoxy) is 1. The Morgan fingerprint density at radius 1 is 1.18 bits per heavy atom. The largest absolute Gasteiger partial charge is 0.381 e. The summed E-state index contributed by atoms with van der Waals surface area (Å²) in [5.41, 5.74) is 1.46. The predicted molar refractivity (Wildman–Crippen MR) is 72.1 cm³/mol. The van der Waals surface area contributed by atoms with Gasteiger partial charge in [-0.1, -0.05) is 37.3 Å². The van der Waals surface area contributed by atoms with Gasteiger partial charge in [0.1, 0.15) is 0 Å². The molecule has 0 N–H and O–H groups in total. The van der Waals surface area contributed by atoms with Crippen molar-refractivity contribution in [2.45, 2.75) is 39.0 Å². The summed E-state index contributed by atoms with van der Waals surface area (Å²) in [4.78, 5) is 0. The van der Waals surface area contributed by atoms with E-state index in [1.54, 1.807) is 0 Å². The molecule has 0 aromatic heterocycles. The van der Waals surface area contributed by atoms with Gasteiger partial charge in [0.05, 0.1) is 0 Å². The third kappa shape index (κ3) is 5.36. The van der Waals surface area contributed by atoms with E-state index >= 15 is 0 Å². The van der Waals surface area contributed by atoms with Crippen LogP contribution in [0.1, 0.15) is 38.2 Å². The summed E-state index contributed by atoms with van der Waals surface area (Å²) < 4.78 is 5.68. The topological polar surface area (TPSA) is 9.23 Å². The van der Waals surface area contributed by atoms with Crippen LogP contribution in [-0.2, 0) is 11.2 Å². The van der Waals surface area contributed by atoms with Crippen LogP contribution in [0.2, 0.25) is 0 Å². The van der Waals surface area contributed by atoms with Crippen molar-refractivity contribution < 1.29 is 4.74 Å². The Morgan fingerprint density at radius 3 is 2.65 bits per heavy atom. The fraction of sp³-hybridized carbons (Fsp3) is 0.625. The number of hydrogen-bond donors (Lipinski definition) is 0. The minimum atomic E-state index is 0.773. The summed E-state index contributed by atoms with van der Waals surface area (Å²) >= 11 is 0. The highest BCUT2D eigenvalue weighted by Gasteiger charge is 2.20. The second-order valence-electron chi connectivity index (χ2n) is 5.44. The zero-order chi connectivity index (χ0) is 11.9. The van der Waals surface area contributed by atoms with Crippen molar-refractivity contribution >= 4 is 0 Å². The van der Waals surface area contributed by atoms with Crippen LogP contribution in [0.5, 0.6) is 0 Å². The molecule has 2 rings (SSSR count). The van der Waals surface area contributed by atoms with Crippen molar-refractivity contribution in [3.8, 4) is 0 Å². The standard InChI is InChI=1S/C16H24O/c1-14(11-12-17-13-16-9-10-16)7-8-15-5-3-2-4-6-15/h2-6,14,16H,7-13H2,1H3. The van der Waals surface area contributed by atoms with E-state index in [1.165, 1.54) is 37.7 Å². The Kier molecular flexibility index (Phi) is 5.06. The predicted octanol–water partition coefficient (Wildman–Crippen LogP) is 4.07. The maximum absolute atomic E-state index is 5.68. The zero-order valence-corrected chi connectivity index (χ0v) is 10.9. The highest BCUT2D eigenvalue weighted by molar-refractivity contribution is 5.14. The molecule has 17 heavy (non-hydrogen) atoms. The lowest BCUT2D eigenvalue weighted by Crippen LogP contribution is -2.05. The first-order chi connectivity index (χ1) is 8.34. The fourth-order valence-corrected chi connectivity index (χ4v) is 2.02. The second-order valence-corrected chi connectivity index (χ2v) is 5.44. The van der Waals surface area contributed by atoms with Crippen LogP contribution < -0.4 is 0 Å². The first-order valence-corrected chi connectivity index (χ1v) is 6.96. The highest BCUT2D eigenvalue weighted by Crippen LogP contribution is 2.28. The van der Waals surface area contributed by atoms with Crippen LogP contribution in [-0.4, -0.2) is 13.2 Å². The van der Waals surface area contributed by atoms with E-state index in [9.17, 15) is 0 Å². The Labute approximate surface area is 105 Å². The van der Waals surface area contributed by atoms with E-state index in [2.05, 4.69) is 37.3 Å². The summed E-state index contributed by atoms with van der Waals surface area (Å²) in [5, 5.41) is 0. The van der Waals surface area contributed by atoms with Gasteiger partial charge in [0.25, 0.3) is 0 Å². The number of rotatable bonds is 8. The molecule has 1 nitrogen and oxygen atoms in total. The van der Waals surface area contributed by atoms with Gasteiger partial charge in [-0.2, -0.15) is 0 Å². The molecule has 1 aliphatic rings. The molecule has 1 heteroatoms. The lowest BCUT2D eigenvalue weighted by molar-refractivity contribution is 0.112. The average Bonchev–Trinajstić information content (AvgIpc) is 3.17. The van der Waals surface area contributed by atoms with Gasteiger partial charge in [0, 0.05) is 13.2 Å². The first kappa shape index (κ1) is 12.6. The van der Waals surface area contributed by atoms with Crippen LogP contribution in [0.25, 0.3) is 0 Å². The Balaban J connectivity index is 1.52. The fourth-order valence-electron chi connectivity index (χ4n) is 2.02. The molecule has 0 spiro atoms. The number of hydrogen-bond acceptors (Lipinski definition) is 1. The smallest absolute Gasteiger partial charge is 0.0494 e. The van der Waals surface area contributed by atoms with Gasteiger partial charge >= 0.3 is 0 Å². The minimum Gasteiger partial charge on any atom is -0.381 e. The normalized spacial score (nSPS) is 17.0. The number of benzene rings is 1. The van der Waals surface area contributed by atoms with E-state index in [0.29, 0.717) is 0 Å². The van der Waals surface area contributed by atoms with E-state index in [4.69, 9.17) is 4.74 Å². The SMILES string of the molecule is CC(CCOCC1CC1)CCc1ccccc1. The molecule has 0 radical (unpaired) electrons. The Hall–Kier alpha value is -0.820. The Bertz CT molecular complexity index is 303.